The molecule has 5 nitrogen and oxygen atoms in total. The van der Waals surface area contributed by atoms with Gasteiger partial charge in [-0.2, -0.15) is 13.2 Å². The zero-order chi connectivity index (χ0) is 17.7. The predicted molar refractivity (Wildman–Crippen MR) is 78.5 cm³/mol. The lowest BCUT2D eigenvalue weighted by molar-refractivity contribution is -0.154. The van der Waals surface area contributed by atoms with Gasteiger partial charge in [-0.15, -0.1) is 0 Å². The minimum absolute atomic E-state index is 0.0667. The Kier molecular flexibility index (Phi) is 5.28. The van der Waals surface area contributed by atoms with Crippen LogP contribution in [0.5, 0.6) is 17.4 Å². The maximum atomic E-state index is 12.1. The fraction of sp³-hybridized carbons (Fsp3) is 0.250. The third-order valence-corrected chi connectivity index (χ3v) is 2.88. The van der Waals surface area contributed by atoms with Crippen LogP contribution in [-0.4, -0.2) is 30.8 Å². The third-order valence-electron chi connectivity index (χ3n) is 2.88. The monoisotopic (exact) mass is 341 g/mol. The molecule has 2 rings (SSSR count). The summed E-state index contributed by atoms with van der Waals surface area (Å²) in [6.07, 6.45) is -3.38. The summed E-state index contributed by atoms with van der Waals surface area (Å²) in [6, 6.07) is 7.46. The largest absolute Gasteiger partial charge is 0.493 e. The Morgan fingerprint density at radius 1 is 1.17 bits per heavy atom. The normalized spacial score (nSPS) is 11.0. The quantitative estimate of drug-likeness (QED) is 0.615. The van der Waals surface area contributed by atoms with Crippen LogP contribution in [0.2, 0.25) is 0 Å². The fourth-order valence-corrected chi connectivity index (χ4v) is 1.76. The molecule has 0 bridgehead atoms. The van der Waals surface area contributed by atoms with Crippen LogP contribution in [0.15, 0.2) is 36.5 Å². The standard InChI is InChI=1S/C16H14F3NO4/c1-10-3-5-12(13(7-10)22-2)24-15(21)11-4-6-14(20-8-11)23-9-16(17,18)19/h3-8H,9H2,1-2H3. The van der Waals surface area contributed by atoms with Crippen molar-refractivity contribution in [2.45, 2.75) is 13.1 Å². The number of aryl methyl sites for hydroxylation is 1. The molecule has 0 aliphatic rings. The predicted octanol–water partition coefficient (Wildman–Crippen LogP) is 3.56. The van der Waals surface area contributed by atoms with E-state index in [0.29, 0.717) is 5.75 Å². The van der Waals surface area contributed by atoms with Crippen LogP contribution in [0, 0.1) is 6.92 Å². The molecule has 0 saturated heterocycles. The number of hydrogen-bond donors (Lipinski definition) is 0. The second-order valence-electron chi connectivity index (χ2n) is 4.83. The van der Waals surface area contributed by atoms with Crippen LogP contribution in [0.3, 0.4) is 0 Å². The molecule has 24 heavy (non-hydrogen) atoms. The van der Waals surface area contributed by atoms with E-state index >= 15 is 0 Å². The SMILES string of the molecule is COc1cc(C)ccc1OC(=O)c1ccc(OCC(F)(F)F)nc1. The van der Waals surface area contributed by atoms with Crippen LogP contribution < -0.4 is 14.2 Å². The first kappa shape index (κ1) is 17.6. The van der Waals surface area contributed by atoms with E-state index in [9.17, 15) is 18.0 Å². The minimum atomic E-state index is -4.46. The van der Waals surface area contributed by atoms with Gasteiger partial charge in [0.1, 0.15) is 0 Å². The van der Waals surface area contributed by atoms with E-state index in [2.05, 4.69) is 9.72 Å². The Morgan fingerprint density at radius 2 is 1.92 bits per heavy atom. The van der Waals surface area contributed by atoms with Crippen molar-refractivity contribution in [1.82, 2.24) is 4.98 Å². The Bertz CT molecular complexity index is 714. The van der Waals surface area contributed by atoms with Crippen molar-refractivity contribution >= 4 is 5.97 Å². The van der Waals surface area contributed by atoms with Gasteiger partial charge in [0, 0.05) is 12.3 Å². The van der Waals surface area contributed by atoms with Crippen molar-refractivity contribution in [2.75, 3.05) is 13.7 Å². The first-order valence-electron chi connectivity index (χ1n) is 6.81. The molecule has 0 atom stereocenters. The number of ether oxygens (including phenoxy) is 3. The lowest BCUT2D eigenvalue weighted by Gasteiger charge is -2.10. The Hall–Kier alpha value is -2.77. The highest BCUT2D eigenvalue weighted by atomic mass is 19.4. The number of hydrogen-bond acceptors (Lipinski definition) is 5. The van der Waals surface area contributed by atoms with Gasteiger partial charge in [-0.25, -0.2) is 9.78 Å². The van der Waals surface area contributed by atoms with Crippen LogP contribution in [-0.2, 0) is 0 Å². The zero-order valence-electron chi connectivity index (χ0n) is 12.9. The molecule has 0 saturated carbocycles. The minimum Gasteiger partial charge on any atom is -0.493 e. The maximum Gasteiger partial charge on any atom is 0.422 e. The number of nitrogens with zero attached hydrogens (tertiary/aromatic N) is 1. The number of alkyl halides is 3. The third kappa shape index (κ3) is 4.87. The van der Waals surface area contributed by atoms with E-state index in [1.807, 2.05) is 6.92 Å². The summed E-state index contributed by atoms with van der Waals surface area (Å²) in [4.78, 5) is 15.7. The number of esters is 1. The van der Waals surface area contributed by atoms with Crippen LogP contribution in [0.1, 0.15) is 15.9 Å². The molecule has 0 aliphatic carbocycles. The lowest BCUT2D eigenvalue weighted by Crippen LogP contribution is -2.19. The summed E-state index contributed by atoms with van der Waals surface area (Å²) in [6.45, 7) is 0.405. The molecule has 2 aromatic rings. The molecule has 128 valence electrons. The topological polar surface area (TPSA) is 57.7 Å². The van der Waals surface area contributed by atoms with Gasteiger partial charge in [-0.1, -0.05) is 6.07 Å². The maximum absolute atomic E-state index is 12.1. The molecule has 1 aromatic heterocycles. The van der Waals surface area contributed by atoms with Crippen molar-refractivity contribution in [3.63, 3.8) is 0 Å². The van der Waals surface area contributed by atoms with Gasteiger partial charge >= 0.3 is 12.1 Å². The van der Waals surface area contributed by atoms with Gasteiger partial charge in [0.15, 0.2) is 18.1 Å². The van der Waals surface area contributed by atoms with E-state index < -0.39 is 18.8 Å². The molecule has 1 heterocycles. The molecule has 8 heteroatoms. The zero-order valence-corrected chi connectivity index (χ0v) is 12.9. The van der Waals surface area contributed by atoms with E-state index in [1.54, 1.807) is 18.2 Å². The highest BCUT2D eigenvalue weighted by Crippen LogP contribution is 2.28. The van der Waals surface area contributed by atoms with Crippen molar-refractivity contribution < 1.29 is 32.2 Å². The van der Waals surface area contributed by atoms with Gasteiger partial charge in [0.25, 0.3) is 0 Å². The number of benzene rings is 1. The second kappa shape index (κ2) is 7.20. The molecular formula is C16H14F3NO4. The van der Waals surface area contributed by atoms with E-state index in [0.717, 1.165) is 17.8 Å². The van der Waals surface area contributed by atoms with Crippen LogP contribution in [0.4, 0.5) is 13.2 Å². The highest BCUT2D eigenvalue weighted by molar-refractivity contribution is 5.91. The van der Waals surface area contributed by atoms with Gasteiger partial charge in [0.2, 0.25) is 5.88 Å². The number of aromatic nitrogens is 1. The molecule has 0 N–H and O–H groups in total. The number of halogens is 3. The fourth-order valence-electron chi connectivity index (χ4n) is 1.76. The number of carbonyl (C=O) groups is 1. The van der Waals surface area contributed by atoms with Gasteiger partial charge in [-0.3, -0.25) is 0 Å². The first-order chi connectivity index (χ1) is 11.3. The summed E-state index contributed by atoms with van der Waals surface area (Å²) >= 11 is 0. The van der Waals surface area contributed by atoms with Crippen molar-refractivity contribution in [3.8, 4) is 17.4 Å². The average molecular weight is 341 g/mol. The van der Waals surface area contributed by atoms with Gasteiger partial charge in [-0.05, 0) is 30.7 Å². The summed E-state index contributed by atoms with van der Waals surface area (Å²) in [5.74, 6) is -0.337. The van der Waals surface area contributed by atoms with Gasteiger partial charge < -0.3 is 14.2 Å². The molecule has 0 amide bonds. The number of rotatable bonds is 5. The van der Waals surface area contributed by atoms with Crippen molar-refractivity contribution in [2.24, 2.45) is 0 Å². The molecular weight excluding hydrogens is 327 g/mol. The van der Waals surface area contributed by atoms with E-state index in [4.69, 9.17) is 9.47 Å². The number of pyridine rings is 1. The molecule has 0 fully saturated rings. The van der Waals surface area contributed by atoms with Crippen LogP contribution in [0.25, 0.3) is 0 Å². The molecule has 0 radical (unpaired) electrons. The summed E-state index contributed by atoms with van der Waals surface area (Å²) in [5, 5.41) is 0. The van der Waals surface area contributed by atoms with Crippen molar-refractivity contribution in [1.29, 1.82) is 0 Å². The molecule has 0 spiro atoms. The lowest BCUT2D eigenvalue weighted by atomic mass is 10.2. The van der Waals surface area contributed by atoms with E-state index in [-0.39, 0.29) is 17.2 Å². The molecule has 0 unspecified atom stereocenters. The Morgan fingerprint density at radius 3 is 2.50 bits per heavy atom. The first-order valence-corrected chi connectivity index (χ1v) is 6.81. The summed E-state index contributed by atoms with van der Waals surface area (Å²) in [7, 11) is 1.44. The highest BCUT2D eigenvalue weighted by Gasteiger charge is 2.28. The van der Waals surface area contributed by atoms with Crippen LogP contribution >= 0.6 is 0 Å². The number of methoxy groups -OCH3 is 1. The smallest absolute Gasteiger partial charge is 0.422 e. The number of carbonyl (C=O) groups excluding carboxylic acids is 1. The average Bonchev–Trinajstić information content (AvgIpc) is 2.54. The molecule has 0 aliphatic heterocycles. The summed E-state index contributed by atoms with van der Waals surface area (Å²) in [5.41, 5.74) is 0.997. The van der Waals surface area contributed by atoms with E-state index in [1.165, 1.54) is 13.2 Å². The summed E-state index contributed by atoms with van der Waals surface area (Å²) < 4.78 is 51.0. The second-order valence-corrected chi connectivity index (χ2v) is 4.83. The van der Waals surface area contributed by atoms with Gasteiger partial charge in [0.05, 0.1) is 12.7 Å². The van der Waals surface area contributed by atoms with Crippen molar-refractivity contribution in [3.05, 3.63) is 47.7 Å². The molecule has 1 aromatic carbocycles. The Labute approximate surface area is 136 Å². The Balaban J connectivity index is 2.05.